The van der Waals surface area contributed by atoms with E-state index in [4.69, 9.17) is 5.73 Å². The maximum atomic E-state index is 10.2. The number of phenols is 1. The summed E-state index contributed by atoms with van der Waals surface area (Å²) in [7, 11) is 0. The van der Waals surface area contributed by atoms with Crippen LogP contribution in [-0.4, -0.2) is 45.4 Å². The largest absolute Gasteiger partial charge is 0.507 e. The molecule has 3 heterocycles. The van der Waals surface area contributed by atoms with Crippen molar-refractivity contribution in [1.82, 2.24) is 15.1 Å². The molecule has 0 aliphatic carbocycles. The third kappa shape index (κ3) is 2.96. The van der Waals surface area contributed by atoms with Crippen molar-refractivity contribution in [2.75, 3.05) is 23.7 Å². The first-order chi connectivity index (χ1) is 13.7. The number of phenolic OH excluding ortho intramolecular Hbond substituents is 1. The van der Waals surface area contributed by atoms with Gasteiger partial charge in [-0.15, -0.1) is 10.2 Å². The van der Waals surface area contributed by atoms with Gasteiger partial charge in [-0.25, -0.2) is 0 Å². The molecule has 2 aliphatic heterocycles. The third-order valence-electron chi connectivity index (χ3n) is 5.87. The van der Waals surface area contributed by atoms with Crippen molar-refractivity contribution in [3.8, 4) is 17.0 Å². The fourth-order valence-corrected chi connectivity index (χ4v) is 4.50. The smallest absolute Gasteiger partial charge is 0.169 e. The molecule has 3 N–H and O–H groups in total. The number of aromatic hydroxyl groups is 1. The Kier molecular flexibility index (Phi) is 4.13. The minimum absolute atomic E-state index is 0.199. The molecule has 2 fully saturated rings. The molecule has 2 bridgehead atoms. The predicted octanol–water partition coefficient (Wildman–Crippen LogP) is 2.89. The SMILES string of the molecule is Nc1nnc(-c2ccccc2O)cc1N1C[C@@H]2C[C@H]1CN2Cc1ccccc1. The first-order valence-corrected chi connectivity index (χ1v) is 9.65. The first kappa shape index (κ1) is 17.0. The molecule has 0 spiro atoms. The van der Waals surface area contributed by atoms with Crippen LogP contribution in [0.2, 0.25) is 0 Å². The minimum Gasteiger partial charge on any atom is -0.507 e. The molecule has 28 heavy (non-hydrogen) atoms. The van der Waals surface area contributed by atoms with Crippen LogP contribution in [0.3, 0.4) is 0 Å². The number of hydrogen-bond donors (Lipinski definition) is 2. The van der Waals surface area contributed by atoms with Gasteiger partial charge in [0.15, 0.2) is 5.82 Å². The topological polar surface area (TPSA) is 78.5 Å². The molecule has 6 heteroatoms. The van der Waals surface area contributed by atoms with E-state index < -0.39 is 0 Å². The number of para-hydroxylation sites is 1. The van der Waals surface area contributed by atoms with E-state index in [0.717, 1.165) is 31.7 Å². The van der Waals surface area contributed by atoms with Gasteiger partial charge >= 0.3 is 0 Å². The van der Waals surface area contributed by atoms with Gasteiger partial charge < -0.3 is 15.7 Å². The van der Waals surface area contributed by atoms with E-state index in [1.54, 1.807) is 12.1 Å². The van der Waals surface area contributed by atoms with Crippen molar-refractivity contribution < 1.29 is 5.11 Å². The minimum atomic E-state index is 0.199. The number of anilines is 2. The molecule has 1 aromatic heterocycles. The Balaban J connectivity index is 1.37. The van der Waals surface area contributed by atoms with Crippen LogP contribution in [-0.2, 0) is 6.54 Å². The second-order valence-corrected chi connectivity index (χ2v) is 7.63. The molecule has 3 aromatic rings. The number of hydrogen-bond acceptors (Lipinski definition) is 6. The summed E-state index contributed by atoms with van der Waals surface area (Å²) in [4.78, 5) is 4.92. The Bertz CT molecular complexity index is 993. The number of fused-ring (bicyclic) bond motifs is 2. The highest BCUT2D eigenvalue weighted by molar-refractivity contribution is 5.74. The molecule has 0 saturated carbocycles. The fourth-order valence-electron chi connectivity index (χ4n) is 4.50. The number of aromatic nitrogens is 2. The number of piperazine rings is 1. The van der Waals surface area contributed by atoms with Crippen LogP contribution in [0.15, 0.2) is 60.7 Å². The van der Waals surface area contributed by atoms with Gasteiger partial charge in [-0.2, -0.15) is 0 Å². The molecule has 2 aromatic carbocycles. The zero-order valence-electron chi connectivity index (χ0n) is 15.6. The summed E-state index contributed by atoms with van der Waals surface area (Å²) in [6, 6.07) is 20.7. The highest BCUT2D eigenvalue weighted by atomic mass is 16.3. The van der Waals surface area contributed by atoms with E-state index in [0.29, 0.717) is 29.2 Å². The molecular formula is C22H23N5O. The highest BCUT2D eigenvalue weighted by Crippen LogP contribution is 2.39. The standard InChI is InChI=1S/C22H23N5O/c23-22-20(11-19(24-25-22)18-8-4-5-9-21(18)28)27-14-16-10-17(27)13-26(16)12-15-6-2-1-3-7-15/h1-9,11,16-17,28H,10,12-14H2,(H2,23,25)/t16-,17-/m0/s1. The highest BCUT2D eigenvalue weighted by Gasteiger charge is 2.43. The zero-order chi connectivity index (χ0) is 19.1. The lowest BCUT2D eigenvalue weighted by atomic mass is 10.1. The summed E-state index contributed by atoms with van der Waals surface area (Å²) in [5.74, 6) is 0.644. The van der Waals surface area contributed by atoms with E-state index >= 15 is 0 Å². The summed E-state index contributed by atoms with van der Waals surface area (Å²) < 4.78 is 0. The number of nitrogens with zero attached hydrogens (tertiary/aromatic N) is 4. The normalized spacial score (nSPS) is 21.4. The average molecular weight is 373 g/mol. The van der Waals surface area contributed by atoms with Crippen LogP contribution < -0.4 is 10.6 Å². The van der Waals surface area contributed by atoms with E-state index in [2.05, 4.69) is 50.3 Å². The van der Waals surface area contributed by atoms with E-state index in [-0.39, 0.29) is 5.75 Å². The van der Waals surface area contributed by atoms with Crippen LogP contribution >= 0.6 is 0 Å². The lowest BCUT2D eigenvalue weighted by Crippen LogP contribution is -2.46. The van der Waals surface area contributed by atoms with E-state index in [1.165, 1.54) is 5.56 Å². The quantitative estimate of drug-likeness (QED) is 0.732. The lowest BCUT2D eigenvalue weighted by molar-refractivity contribution is 0.230. The van der Waals surface area contributed by atoms with Gasteiger partial charge in [-0.3, -0.25) is 4.90 Å². The third-order valence-corrected chi connectivity index (χ3v) is 5.87. The van der Waals surface area contributed by atoms with Crippen LogP contribution in [0.1, 0.15) is 12.0 Å². The number of rotatable bonds is 4. The van der Waals surface area contributed by atoms with Gasteiger partial charge in [-0.05, 0) is 30.2 Å². The molecule has 2 atom stereocenters. The Labute approximate surface area is 164 Å². The number of nitrogen functional groups attached to an aromatic ring is 1. The predicted molar refractivity (Wildman–Crippen MR) is 110 cm³/mol. The second-order valence-electron chi connectivity index (χ2n) is 7.63. The van der Waals surface area contributed by atoms with Crippen molar-refractivity contribution in [3.05, 3.63) is 66.2 Å². The molecule has 142 valence electrons. The van der Waals surface area contributed by atoms with Gasteiger partial charge in [-0.1, -0.05) is 42.5 Å². The van der Waals surface area contributed by atoms with Crippen molar-refractivity contribution in [3.63, 3.8) is 0 Å². The van der Waals surface area contributed by atoms with Gasteiger partial charge in [0.1, 0.15) is 5.75 Å². The monoisotopic (exact) mass is 373 g/mol. The van der Waals surface area contributed by atoms with E-state index in [9.17, 15) is 5.11 Å². The van der Waals surface area contributed by atoms with Crippen LogP contribution in [0, 0.1) is 0 Å². The van der Waals surface area contributed by atoms with Gasteiger partial charge in [0.2, 0.25) is 0 Å². The second kappa shape index (κ2) is 6.80. The summed E-state index contributed by atoms with van der Waals surface area (Å²) in [5.41, 5.74) is 9.77. The van der Waals surface area contributed by atoms with Crippen LogP contribution in [0.5, 0.6) is 5.75 Å². The Morgan fingerprint density at radius 1 is 0.964 bits per heavy atom. The number of nitrogens with two attached hydrogens (primary N) is 1. The maximum Gasteiger partial charge on any atom is 0.169 e. The summed E-state index contributed by atoms with van der Waals surface area (Å²) >= 11 is 0. The van der Waals surface area contributed by atoms with Crippen molar-refractivity contribution in [2.45, 2.75) is 25.0 Å². The summed E-state index contributed by atoms with van der Waals surface area (Å²) in [6.45, 7) is 2.95. The molecule has 2 saturated heterocycles. The fraction of sp³-hybridized carbons (Fsp3) is 0.273. The van der Waals surface area contributed by atoms with Crippen molar-refractivity contribution >= 4 is 11.5 Å². The average Bonchev–Trinajstić information content (AvgIpc) is 3.30. The van der Waals surface area contributed by atoms with Crippen LogP contribution in [0.25, 0.3) is 11.3 Å². The molecule has 6 nitrogen and oxygen atoms in total. The Morgan fingerprint density at radius 2 is 1.75 bits per heavy atom. The zero-order valence-corrected chi connectivity index (χ0v) is 15.6. The molecular weight excluding hydrogens is 350 g/mol. The Hall–Kier alpha value is -3.12. The van der Waals surface area contributed by atoms with Crippen molar-refractivity contribution in [1.29, 1.82) is 0 Å². The Morgan fingerprint density at radius 3 is 2.50 bits per heavy atom. The summed E-state index contributed by atoms with van der Waals surface area (Å²) in [6.07, 6.45) is 1.14. The van der Waals surface area contributed by atoms with Gasteiger partial charge in [0.25, 0.3) is 0 Å². The molecule has 5 rings (SSSR count). The van der Waals surface area contributed by atoms with Gasteiger partial charge in [0.05, 0.1) is 11.4 Å². The molecule has 2 aliphatic rings. The maximum absolute atomic E-state index is 10.2. The van der Waals surface area contributed by atoms with Gasteiger partial charge in [0, 0.05) is 37.3 Å². The molecule has 0 unspecified atom stereocenters. The number of benzene rings is 2. The van der Waals surface area contributed by atoms with Crippen LogP contribution in [0.4, 0.5) is 11.5 Å². The first-order valence-electron chi connectivity index (χ1n) is 9.65. The molecule has 0 amide bonds. The van der Waals surface area contributed by atoms with E-state index in [1.807, 2.05) is 18.2 Å². The van der Waals surface area contributed by atoms with Crippen molar-refractivity contribution in [2.24, 2.45) is 0 Å². The number of likely N-dealkylation sites (tertiary alicyclic amines) is 1. The lowest BCUT2D eigenvalue weighted by Gasteiger charge is -2.36. The molecule has 0 radical (unpaired) electrons. The summed E-state index contributed by atoms with van der Waals surface area (Å²) in [5, 5.41) is 18.5.